The van der Waals surface area contributed by atoms with Gasteiger partial charge < -0.3 is 15.3 Å². The van der Waals surface area contributed by atoms with Gasteiger partial charge in [0.1, 0.15) is 18.0 Å². The molecule has 2 heterocycles. The molecule has 0 aliphatic rings. The third kappa shape index (κ3) is 2.66. The highest BCUT2D eigenvalue weighted by Crippen LogP contribution is 2.33. The number of rotatable bonds is 5. The van der Waals surface area contributed by atoms with Gasteiger partial charge in [0, 0.05) is 7.05 Å². The lowest BCUT2D eigenvalue weighted by Gasteiger charge is -2.13. The van der Waals surface area contributed by atoms with Gasteiger partial charge in [0.15, 0.2) is 17.3 Å². The summed E-state index contributed by atoms with van der Waals surface area (Å²) in [6.45, 7) is -0.210. The zero-order valence-corrected chi connectivity index (χ0v) is 12.9. The van der Waals surface area contributed by atoms with Gasteiger partial charge in [-0.2, -0.15) is 19.3 Å². The maximum Gasteiger partial charge on any atom is 0.368 e. The molecule has 0 spiro atoms. The molecule has 0 bridgehead atoms. The van der Waals surface area contributed by atoms with E-state index in [1.165, 1.54) is 14.2 Å². The van der Waals surface area contributed by atoms with Crippen LogP contribution in [0.25, 0.3) is 5.69 Å². The molecule has 1 aromatic carbocycles. The SMILES string of the molecule is COc1cccc(-n2nnn(C)c2=O)c1OCc1nn(N)cc1F. The first-order valence-corrected chi connectivity index (χ1v) is 6.79. The number of hydrogen-bond acceptors (Lipinski definition) is 7. The van der Waals surface area contributed by atoms with E-state index >= 15 is 0 Å². The molecule has 2 aromatic heterocycles. The van der Waals surface area contributed by atoms with E-state index in [0.29, 0.717) is 11.4 Å². The number of nitrogens with two attached hydrogens (primary N) is 1. The largest absolute Gasteiger partial charge is 0.493 e. The minimum Gasteiger partial charge on any atom is -0.493 e. The van der Waals surface area contributed by atoms with Crippen LogP contribution >= 0.6 is 0 Å². The lowest BCUT2D eigenvalue weighted by molar-refractivity contribution is 0.274. The molecule has 0 fully saturated rings. The second-order valence-electron chi connectivity index (χ2n) is 4.80. The second kappa shape index (κ2) is 6.02. The number of nitrogen functional groups attached to an aromatic ring is 1. The van der Waals surface area contributed by atoms with E-state index in [1.807, 2.05) is 0 Å². The topological polar surface area (TPSA) is 115 Å². The molecule has 3 rings (SSSR count). The number of hydrogen-bond donors (Lipinski definition) is 1. The summed E-state index contributed by atoms with van der Waals surface area (Å²) in [5, 5.41) is 11.2. The van der Waals surface area contributed by atoms with Gasteiger partial charge in [-0.15, -0.1) is 0 Å². The normalized spacial score (nSPS) is 10.8. The number of aryl methyl sites for hydroxylation is 1. The Labute approximate surface area is 134 Å². The van der Waals surface area contributed by atoms with Crippen molar-refractivity contribution in [1.82, 2.24) is 29.7 Å². The van der Waals surface area contributed by atoms with Crippen molar-refractivity contribution < 1.29 is 13.9 Å². The van der Waals surface area contributed by atoms with E-state index in [-0.39, 0.29) is 18.1 Å². The van der Waals surface area contributed by atoms with Crippen molar-refractivity contribution in [2.24, 2.45) is 7.05 Å². The average Bonchev–Trinajstić information content (AvgIpc) is 3.07. The number of methoxy groups -OCH3 is 1. The van der Waals surface area contributed by atoms with Crippen LogP contribution in [0.4, 0.5) is 4.39 Å². The zero-order valence-electron chi connectivity index (χ0n) is 12.9. The molecule has 3 aromatic rings. The highest BCUT2D eigenvalue weighted by Gasteiger charge is 2.18. The van der Waals surface area contributed by atoms with Crippen molar-refractivity contribution >= 4 is 0 Å². The Balaban J connectivity index is 2.01. The number of para-hydroxylation sites is 1. The fraction of sp³-hybridized carbons (Fsp3) is 0.231. The van der Waals surface area contributed by atoms with E-state index in [9.17, 15) is 9.18 Å². The Morgan fingerprint density at radius 3 is 2.71 bits per heavy atom. The molecule has 0 radical (unpaired) electrons. The van der Waals surface area contributed by atoms with Crippen LogP contribution in [0.3, 0.4) is 0 Å². The van der Waals surface area contributed by atoms with E-state index < -0.39 is 11.5 Å². The van der Waals surface area contributed by atoms with Crippen molar-refractivity contribution in [2.45, 2.75) is 6.61 Å². The minimum atomic E-state index is -0.606. The number of aromatic nitrogens is 6. The van der Waals surface area contributed by atoms with Crippen LogP contribution in [-0.4, -0.2) is 36.8 Å². The van der Waals surface area contributed by atoms with Crippen LogP contribution in [-0.2, 0) is 13.7 Å². The first-order chi connectivity index (χ1) is 11.5. The summed E-state index contributed by atoms with van der Waals surface area (Å²) in [5.74, 6) is 5.31. The van der Waals surface area contributed by atoms with Crippen molar-refractivity contribution in [1.29, 1.82) is 0 Å². The fourth-order valence-electron chi connectivity index (χ4n) is 2.09. The van der Waals surface area contributed by atoms with E-state index in [1.54, 1.807) is 18.2 Å². The Bertz CT molecular complexity index is 930. The van der Waals surface area contributed by atoms with Gasteiger partial charge in [0.2, 0.25) is 0 Å². The van der Waals surface area contributed by atoms with E-state index in [2.05, 4.69) is 15.5 Å². The maximum atomic E-state index is 13.6. The standard InChI is InChI=1S/C13H14FN7O3/c1-19-13(22)21(18-17-19)10-4-3-5-11(23-2)12(10)24-7-9-8(14)6-20(15)16-9/h3-6H,7,15H2,1-2H3. The number of ether oxygens (including phenoxy) is 2. The first-order valence-electron chi connectivity index (χ1n) is 6.79. The quantitative estimate of drug-likeness (QED) is 0.631. The van der Waals surface area contributed by atoms with Crippen molar-refractivity contribution in [3.63, 3.8) is 0 Å². The molecular formula is C13H14FN7O3. The summed E-state index contributed by atoms with van der Waals surface area (Å²) < 4.78 is 26.6. The average molecular weight is 335 g/mol. The van der Waals surface area contributed by atoms with Gasteiger partial charge in [-0.25, -0.2) is 9.18 Å². The Morgan fingerprint density at radius 1 is 1.33 bits per heavy atom. The highest BCUT2D eigenvalue weighted by molar-refractivity contribution is 5.55. The molecule has 0 amide bonds. The smallest absolute Gasteiger partial charge is 0.368 e. The van der Waals surface area contributed by atoms with Gasteiger partial charge >= 0.3 is 5.69 Å². The lowest BCUT2D eigenvalue weighted by Crippen LogP contribution is -2.22. The van der Waals surface area contributed by atoms with Crippen LogP contribution < -0.4 is 21.0 Å². The van der Waals surface area contributed by atoms with Gasteiger partial charge in [-0.3, -0.25) is 0 Å². The summed E-state index contributed by atoms with van der Waals surface area (Å²) in [7, 11) is 2.91. The monoisotopic (exact) mass is 335 g/mol. The van der Waals surface area contributed by atoms with Crippen LogP contribution in [0.5, 0.6) is 11.5 Å². The Morgan fingerprint density at radius 2 is 2.12 bits per heavy atom. The molecular weight excluding hydrogens is 321 g/mol. The molecule has 24 heavy (non-hydrogen) atoms. The fourth-order valence-corrected chi connectivity index (χ4v) is 2.09. The first kappa shape index (κ1) is 15.5. The van der Waals surface area contributed by atoms with Gasteiger partial charge in [0.05, 0.1) is 13.3 Å². The summed E-state index contributed by atoms with van der Waals surface area (Å²) in [6, 6.07) is 4.90. The number of halogens is 1. The summed E-state index contributed by atoms with van der Waals surface area (Å²) in [4.78, 5) is 12.9. The van der Waals surface area contributed by atoms with E-state index in [4.69, 9.17) is 15.3 Å². The van der Waals surface area contributed by atoms with Gasteiger partial charge in [-0.1, -0.05) is 6.07 Å². The molecule has 0 aliphatic carbocycles. The van der Waals surface area contributed by atoms with Crippen LogP contribution in [0, 0.1) is 5.82 Å². The van der Waals surface area contributed by atoms with Crippen LogP contribution in [0.15, 0.2) is 29.2 Å². The number of tetrazole rings is 1. The van der Waals surface area contributed by atoms with Crippen molar-refractivity contribution in [3.8, 4) is 17.2 Å². The molecule has 0 unspecified atom stereocenters. The van der Waals surface area contributed by atoms with Crippen LogP contribution in [0.1, 0.15) is 5.69 Å². The van der Waals surface area contributed by atoms with Crippen LogP contribution in [0.2, 0.25) is 0 Å². The van der Waals surface area contributed by atoms with Crippen molar-refractivity contribution in [3.05, 3.63) is 46.4 Å². The van der Waals surface area contributed by atoms with Crippen molar-refractivity contribution in [2.75, 3.05) is 13.0 Å². The Kier molecular flexibility index (Phi) is 3.90. The molecule has 126 valence electrons. The number of benzene rings is 1. The second-order valence-corrected chi connectivity index (χ2v) is 4.80. The number of nitrogens with zero attached hydrogens (tertiary/aromatic N) is 6. The summed E-state index contributed by atoms with van der Waals surface area (Å²) >= 11 is 0. The minimum absolute atomic E-state index is 0.0147. The predicted octanol–water partition coefficient (Wildman–Crippen LogP) is -0.397. The molecule has 0 aliphatic heterocycles. The molecule has 11 heteroatoms. The highest BCUT2D eigenvalue weighted by atomic mass is 19.1. The predicted molar refractivity (Wildman–Crippen MR) is 79.8 cm³/mol. The molecule has 10 nitrogen and oxygen atoms in total. The molecule has 0 atom stereocenters. The molecule has 0 saturated heterocycles. The van der Waals surface area contributed by atoms with Gasteiger partial charge in [0.25, 0.3) is 0 Å². The summed E-state index contributed by atoms with van der Waals surface area (Å²) in [5.41, 5.74) is -0.147. The van der Waals surface area contributed by atoms with Gasteiger partial charge in [-0.05, 0) is 22.6 Å². The zero-order chi connectivity index (χ0) is 17.3. The lowest BCUT2D eigenvalue weighted by atomic mass is 10.2. The Hall–Kier alpha value is -3.37. The van der Waals surface area contributed by atoms with E-state index in [0.717, 1.165) is 20.4 Å². The summed E-state index contributed by atoms with van der Waals surface area (Å²) in [6.07, 6.45) is 1.02. The maximum absolute atomic E-state index is 13.6. The third-order valence-electron chi connectivity index (χ3n) is 3.24. The molecule has 2 N–H and O–H groups in total. The molecule has 0 saturated carbocycles. The third-order valence-corrected chi connectivity index (χ3v) is 3.24.